The van der Waals surface area contributed by atoms with Crippen molar-refractivity contribution < 1.29 is 28.3 Å². The second-order valence-electron chi connectivity index (χ2n) is 10.0. The van der Waals surface area contributed by atoms with Crippen LogP contribution in [0, 0.1) is 5.82 Å². The predicted octanol–water partition coefficient (Wildman–Crippen LogP) is 4.27. The Kier molecular flexibility index (Phi) is 6.04. The highest BCUT2D eigenvalue weighted by Gasteiger charge is 2.39. The van der Waals surface area contributed by atoms with Crippen molar-refractivity contribution in [3.63, 3.8) is 0 Å². The fraction of sp³-hybridized carbons (Fsp3) is 0.370. The number of carbonyl (C=O) groups excluding carboxylic acids is 2. The molecule has 8 nitrogen and oxygen atoms in total. The molecule has 36 heavy (non-hydrogen) atoms. The first-order chi connectivity index (χ1) is 17.2. The number of halogens is 1. The van der Waals surface area contributed by atoms with E-state index < -0.39 is 23.7 Å². The molecule has 0 fully saturated rings. The summed E-state index contributed by atoms with van der Waals surface area (Å²) in [4.78, 5) is 28.3. The smallest absolute Gasteiger partial charge is 0.293 e. The van der Waals surface area contributed by atoms with Gasteiger partial charge in [0.1, 0.15) is 11.9 Å². The zero-order chi connectivity index (χ0) is 25.6. The van der Waals surface area contributed by atoms with E-state index in [0.717, 1.165) is 35.6 Å². The summed E-state index contributed by atoms with van der Waals surface area (Å²) in [5.74, 6) is -1.97. The van der Waals surface area contributed by atoms with E-state index in [9.17, 15) is 14.7 Å². The van der Waals surface area contributed by atoms with E-state index in [0.29, 0.717) is 29.8 Å². The molecule has 1 aromatic heterocycles. The zero-order valence-electron chi connectivity index (χ0n) is 20.4. The van der Waals surface area contributed by atoms with Crippen molar-refractivity contribution in [3.8, 4) is 5.88 Å². The third-order valence-corrected chi connectivity index (χ3v) is 7.10. The molecule has 0 radical (unpaired) electrons. The largest absolute Gasteiger partial charge is 0.491 e. The van der Waals surface area contributed by atoms with Crippen LogP contribution >= 0.6 is 0 Å². The maximum absolute atomic E-state index is 15.1. The lowest BCUT2D eigenvalue weighted by Crippen LogP contribution is -2.45. The molecule has 3 aromatic rings. The third-order valence-electron chi connectivity index (χ3n) is 7.10. The van der Waals surface area contributed by atoms with Crippen molar-refractivity contribution in [2.45, 2.75) is 51.2 Å². The van der Waals surface area contributed by atoms with Gasteiger partial charge in [-0.2, -0.15) is 0 Å². The molecule has 0 saturated carbocycles. The van der Waals surface area contributed by atoms with Crippen LogP contribution in [0.4, 0.5) is 10.1 Å². The number of ether oxygens (including phenoxy) is 1. The normalized spacial score (nSPS) is 18.0. The van der Waals surface area contributed by atoms with Crippen LogP contribution in [0.3, 0.4) is 0 Å². The number of nitrogens with zero attached hydrogens (tertiary/aromatic N) is 2. The standard InChI is InChI=1S/C27H28FN3O5/c1-27(2)8-6-17-11-18(12-20(28)23(17)27)29-25(33)24-19-5-4-15(14-35-3)10-16(19)7-9-31(24)26(34)21-13-22(32)30-36-21/h4-5,10-13,24H,6-9,14H2,1-3H3,(H,29,33)(H,30,32)/t24-/m1/s1. The molecule has 0 spiro atoms. The van der Waals surface area contributed by atoms with Crippen LogP contribution < -0.4 is 5.32 Å². The number of aryl methyl sites for hydroxylation is 1. The monoisotopic (exact) mass is 493 g/mol. The average molecular weight is 494 g/mol. The first kappa shape index (κ1) is 24.0. The minimum absolute atomic E-state index is 0.171. The van der Waals surface area contributed by atoms with Gasteiger partial charge in [-0.05, 0) is 69.8 Å². The minimum Gasteiger partial charge on any atom is -0.491 e. The number of hydrogen-bond donors (Lipinski definition) is 2. The van der Waals surface area contributed by atoms with E-state index in [-0.39, 0.29) is 23.5 Å². The molecular formula is C27H28FN3O5. The predicted molar refractivity (Wildman–Crippen MR) is 129 cm³/mol. The van der Waals surface area contributed by atoms with Crippen LogP contribution in [0.25, 0.3) is 0 Å². The first-order valence-electron chi connectivity index (χ1n) is 11.9. The van der Waals surface area contributed by atoms with Gasteiger partial charge in [0.05, 0.1) is 12.7 Å². The average Bonchev–Trinajstić information content (AvgIpc) is 3.40. The highest BCUT2D eigenvalue weighted by Crippen LogP contribution is 2.41. The minimum atomic E-state index is -0.988. The number of hydrogen-bond acceptors (Lipinski definition) is 6. The molecular weight excluding hydrogens is 465 g/mol. The van der Waals surface area contributed by atoms with Gasteiger partial charge in [0.25, 0.3) is 17.7 Å². The third kappa shape index (κ3) is 4.24. The number of aromatic nitrogens is 1. The summed E-state index contributed by atoms with van der Waals surface area (Å²) in [5, 5.41) is 15.8. The maximum Gasteiger partial charge on any atom is 0.293 e. The Morgan fingerprint density at radius 2 is 2.03 bits per heavy atom. The molecule has 0 unspecified atom stereocenters. The van der Waals surface area contributed by atoms with Gasteiger partial charge in [0, 0.05) is 19.3 Å². The van der Waals surface area contributed by atoms with Gasteiger partial charge < -0.3 is 24.6 Å². The Bertz CT molecular complexity index is 1350. The van der Waals surface area contributed by atoms with Gasteiger partial charge in [-0.1, -0.05) is 32.0 Å². The van der Waals surface area contributed by atoms with E-state index in [4.69, 9.17) is 9.26 Å². The molecule has 2 aliphatic rings. The highest BCUT2D eigenvalue weighted by atomic mass is 19.1. The van der Waals surface area contributed by atoms with E-state index in [1.54, 1.807) is 7.11 Å². The summed E-state index contributed by atoms with van der Waals surface area (Å²) in [6.45, 7) is 4.70. The summed E-state index contributed by atoms with van der Waals surface area (Å²) in [5.41, 5.74) is 4.22. The fourth-order valence-corrected chi connectivity index (χ4v) is 5.42. The molecule has 1 atom stereocenters. The SMILES string of the molecule is COCc1ccc2c(c1)CCN(C(=O)c1cc(O)no1)[C@H]2C(=O)Nc1cc(F)c2c(c1)CCC2(C)C. The van der Waals surface area contributed by atoms with Crippen LogP contribution in [-0.2, 0) is 34.4 Å². The molecule has 2 heterocycles. The molecule has 9 heteroatoms. The lowest BCUT2D eigenvalue weighted by atomic mass is 9.86. The number of rotatable bonds is 5. The Hall–Kier alpha value is -3.72. The van der Waals surface area contributed by atoms with Crippen molar-refractivity contribution in [3.05, 3.63) is 75.8 Å². The van der Waals surface area contributed by atoms with Crippen LogP contribution in [0.5, 0.6) is 5.88 Å². The summed E-state index contributed by atoms with van der Waals surface area (Å²) in [7, 11) is 1.61. The lowest BCUT2D eigenvalue weighted by Gasteiger charge is -2.36. The summed E-state index contributed by atoms with van der Waals surface area (Å²) < 4.78 is 25.2. The molecule has 1 aliphatic carbocycles. The molecule has 2 N–H and O–H groups in total. The van der Waals surface area contributed by atoms with Crippen LogP contribution in [0.2, 0.25) is 0 Å². The summed E-state index contributed by atoms with van der Waals surface area (Å²) in [6.07, 6.45) is 2.09. The Balaban J connectivity index is 1.50. The molecule has 5 rings (SSSR count). The fourth-order valence-electron chi connectivity index (χ4n) is 5.42. The van der Waals surface area contributed by atoms with Crippen LogP contribution in [-0.4, -0.2) is 40.6 Å². The highest BCUT2D eigenvalue weighted by molar-refractivity contribution is 6.01. The second-order valence-corrected chi connectivity index (χ2v) is 10.0. The molecule has 0 bridgehead atoms. The number of carbonyl (C=O) groups is 2. The topological polar surface area (TPSA) is 105 Å². The summed E-state index contributed by atoms with van der Waals surface area (Å²) >= 11 is 0. The molecule has 188 valence electrons. The summed E-state index contributed by atoms with van der Waals surface area (Å²) in [6, 6.07) is 8.93. The number of amides is 2. The van der Waals surface area contributed by atoms with Gasteiger partial charge in [0.2, 0.25) is 5.76 Å². The van der Waals surface area contributed by atoms with E-state index >= 15 is 4.39 Å². The number of aromatic hydroxyl groups is 1. The van der Waals surface area contributed by atoms with E-state index in [2.05, 4.69) is 10.5 Å². The van der Waals surface area contributed by atoms with Gasteiger partial charge in [-0.15, -0.1) is 0 Å². The van der Waals surface area contributed by atoms with E-state index in [1.165, 1.54) is 11.0 Å². The Labute approximate surface area is 208 Å². The van der Waals surface area contributed by atoms with Crippen molar-refractivity contribution in [2.24, 2.45) is 0 Å². The number of methoxy groups -OCH3 is 1. The van der Waals surface area contributed by atoms with Crippen molar-refractivity contribution in [1.82, 2.24) is 10.1 Å². The number of nitrogens with one attached hydrogen (secondary N) is 1. The lowest BCUT2D eigenvalue weighted by molar-refractivity contribution is -0.121. The van der Waals surface area contributed by atoms with Gasteiger partial charge in [-0.3, -0.25) is 9.59 Å². The maximum atomic E-state index is 15.1. The van der Waals surface area contributed by atoms with Crippen molar-refractivity contribution in [1.29, 1.82) is 0 Å². The quantitative estimate of drug-likeness (QED) is 0.550. The van der Waals surface area contributed by atoms with Crippen LogP contribution in [0.15, 0.2) is 40.9 Å². The second kappa shape index (κ2) is 9.05. The first-order valence-corrected chi connectivity index (χ1v) is 11.9. The van der Waals surface area contributed by atoms with Gasteiger partial charge >= 0.3 is 0 Å². The Morgan fingerprint density at radius 3 is 2.75 bits per heavy atom. The Morgan fingerprint density at radius 1 is 1.22 bits per heavy atom. The van der Waals surface area contributed by atoms with Gasteiger partial charge in [0.15, 0.2) is 0 Å². The van der Waals surface area contributed by atoms with Gasteiger partial charge in [-0.25, -0.2) is 4.39 Å². The number of anilines is 1. The number of benzene rings is 2. The van der Waals surface area contributed by atoms with Crippen LogP contribution in [0.1, 0.15) is 64.7 Å². The van der Waals surface area contributed by atoms with Crippen molar-refractivity contribution >= 4 is 17.5 Å². The molecule has 0 saturated heterocycles. The number of fused-ring (bicyclic) bond motifs is 2. The van der Waals surface area contributed by atoms with Crippen molar-refractivity contribution in [2.75, 3.05) is 19.0 Å². The molecule has 2 amide bonds. The van der Waals surface area contributed by atoms with E-state index in [1.807, 2.05) is 38.1 Å². The molecule has 2 aromatic carbocycles. The molecule has 1 aliphatic heterocycles. The zero-order valence-corrected chi connectivity index (χ0v) is 20.4.